The number of hydrogen-bond donors (Lipinski definition) is 1. The van der Waals surface area contributed by atoms with Crippen LogP contribution in [0.2, 0.25) is 0 Å². The second-order valence-corrected chi connectivity index (χ2v) is 12.0. The first-order valence-electron chi connectivity index (χ1n) is 16.5. The van der Waals surface area contributed by atoms with Gasteiger partial charge in [-0.2, -0.15) is 0 Å². The molecule has 2 aromatic carbocycles. The summed E-state index contributed by atoms with van der Waals surface area (Å²) in [5, 5.41) is 3.31. The molecule has 52 heavy (non-hydrogen) atoms. The summed E-state index contributed by atoms with van der Waals surface area (Å²) in [6.07, 6.45) is 2.73. The van der Waals surface area contributed by atoms with Crippen molar-refractivity contribution in [1.29, 1.82) is 0 Å². The van der Waals surface area contributed by atoms with E-state index in [1.807, 2.05) is 60.7 Å². The van der Waals surface area contributed by atoms with Crippen molar-refractivity contribution >= 4 is 93.9 Å². The maximum atomic E-state index is 12.0. The fourth-order valence-electron chi connectivity index (χ4n) is 4.61. The van der Waals surface area contributed by atoms with Gasteiger partial charge in [-0.3, -0.25) is 9.69 Å². The molecular formula is C35H51Cl6N3O8. The van der Waals surface area contributed by atoms with Gasteiger partial charge in [-0.25, -0.2) is 14.4 Å². The Morgan fingerprint density at radius 3 is 1.58 bits per heavy atom. The van der Waals surface area contributed by atoms with Crippen LogP contribution in [-0.2, 0) is 41.8 Å². The predicted octanol–water partition coefficient (Wildman–Crippen LogP) is 8.76. The molecule has 17 heteroatoms. The summed E-state index contributed by atoms with van der Waals surface area (Å²) < 4.78 is 19.1. The maximum Gasteiger partial charge on any atom is 0.411 e. The molecule has 2 aliphatic heterocycles. The third-order valence-corrected chi connectivity index (χ3v) is 7.57. The van der Waals surface area contributed by atoms with Crippen molar-refractivity contribution in [2.75, 3.05) is 50.2 Å². The van der Waals surface area contributed by atoms with Crippen LogP contribution in [0.15, 0.2) is 60.7 Å². The van der Waals surface area contributed by atoms with Crippen LogP contribution in [0, 0.1) is 0 Å². The van der Waals surface area contributed by atoms with Crippen molar-refractivity contribution in [3.8, 4) is 0 Å². The number of amides is 1. The molecule has 0 radical (unpaired) electrons. The summed E-state index contributed by atoms with van der Waals surface area (Å²) in [7, 11) is 0. The molecule has 0 bridgehead atoms. The van der Waals surface area contributed by atoms with Crippen LogP contribution >= 0.6 is 70.4 Å². The van der Waals surface area contributed by atoms with E-state index in [9.17, 15) is 19.2 Å². The van der Waals surface area contributed by atoms with E-state index in [-0.39, 0.29) is 48.5 Å². The zero-order valence-corrected chi connectivity index (χ0v) is 34.4. The molecule has 4 rings (SSSR count). The number of likely N-dealkylation sites (tertiary alicyclic amines) is 1. The fourth-order valence-corrected chi connectivity index (χ4v) is 4.92. The molecule has 0 aromatic heterocycles. The van der Waals surface area contributed by atoms with Crippen LogP contribution in [0.25, 0.3) is 0 Å². The molecule has 0 aliphatic carbocycles. The lowest BCUT2D eigenvalue weighted by atomic mass is 10.2. The second kappa shape index (κ2) is 34.5. The number of rotatable bonds is 11. The van der Waals surface area contributed by atoms with Crippen LogP contribution in [0.4, 0.5) is 9.59 Å². The molecule has 2 saturated heterocycles. The van der Waals surface area contributed by atoms with E-state index < -0.39 is 23.5 Å². The largest absolute Gasteiger partial charge is 0.460 e. The minimum atomic E-state index is -0.870. The summed E-state index contributed by atoms with van der Waals surface area (Å²) in [5.41, 5.74) is 1.07. The highest BCUT2D eigenvalue weighted by atomic mass is 35.5. The molecule has 0 spiro atoms. The number of benzene rings is 2. The number of hydrogen-bond acceptors (Lipinski definition) is 10. The van der Waals surface area contributed by atoms with Gasteiger partial charge in [0.05, 0.1) is 5.34 Å². The Balaban J connectivity index is 0. The van der Waals surface area contributed by atoms with Gasteiger partial charge in [-0.05, 0) is 63.0 Å². The molecule has 0 saturated carbocycles. The molecule has 2 atom stereocenters. The molecule has 1 amide bonds. The highest BCUT2D eigenvalue weighted by Crippen LogP contribution is 2.20. The number of ether oxygens (including phenoxy) is 4. The van der Waals surface area contributed by atoms with Crippen LogP contribution < -0.4 is 5.32 Å². The van der Waals surface area contributed by atoms with Crippen molar-refractivity contribution in [2.24, 2.45) is 0 Å². The minimum absolute atomic E-state index is 0. The summed E-state index contributed by atoms with van der Waals surface area (Å²) >= 11 is 24.4. The average Bonchev–Trinajstić information content (AvgIpc) is 3.87. The first-order valence-corrected chi connectivity index (χ1v) is 19.0. The Morgan fingerprint density at radius 2 is 1.21 bits per heavy atom. The summed E-state index contributed by atoms with van der Waals surface area (Å²) in [4.78, 5) is 48.5. The van der Waals surface area contributed by atoms with Crippen LogP contribution in [-0.4, -0.2) is 95.5 Å². The van der Waals surface area contributed by atoms with Crippen LogP contribution in [0.3, 0.4) is 0 Å². The van der Waals surface area contributed by atoms with Crippen LogP contribution in [0.5, 0.6) is 0 Å². The van der Waals surface area contributed by atoms with Crippen molar-refractivity contribution < 1.29 is 38.1 Å². The Morgan fingerprint density at radius 1 is 0.731 bits per heavy atom. The first kappa shape index (κ1) is 51.9. The van der Waals surface area contributed by atoms with Gasteiger partial charge in [0, 0.05) is 18.1 Å². The monoisotopic (exact) mass is 851 g/mol. The standard InChI is InChI=1S/C14H16ClNO4.C12H15NO2.C6H15N.C2H2Cl2O2.CH2Cl2.ClH/c15-10-20-14(18)16-8-4-7-12(16)13(17)19-9-11-5-2-1-3-6-11;14-12(11-7-4-8-13-11)15-9-10-5-2-1-3-6-10;1-4-7(5-2)6-3;3-1-6-2(4)5;2-1-3;/h1-3,5-6,12H,4,7-10H2;1-3,5-6,11,13H,4,7-9H2;4-6H2,1-3H3;1H2;1H2;1H/t12-;11-;;;;/m00..../s1. The van der Waals surface area contributed by atoms with E-state index in [4.69, 9.17) is 60.6 Å². The fraction of sp³-hybridized carbons (Fsp3) is 0.543. The second-order valence-electron chi connectivity index (χ2n) is 10.4. The average molecular weight is 855 g/mol. The van der Waals surface area contributed by atoms with Gasteiger partial charge in [0.2, 0.25) is 0 Å². The lowest BCUT2D eigenvalue weighted by Gasteiger charge is -2.22. The van der Waals surface area contributed by atoms with E-state index >= 15 is 0 Å². The molecule has 296 valence electrons. The van der Waals surface area contributed by atoms with Crippen molar-refractivity contribution in [1.82, 2.24) is 15.1 Å². The van der Waals surface area contributed by atoms with Gasteiger partial charge in [0.1, 0.15) is 25.3 Å². The molecular weight excluding hydrogens is 803 g/mol. The van der Waals surface area contributed by atoms with Gasteiger partial charge in [-0.15, -0.1) is 35.6 Å². The SMILES string of the molecule is CCN(CC)CC.Cl.ClCCl.O=C(Cl)OCCl.O=C(OCc1ccccc1)[C@@H]1CCCN1.O=C(OCc1ccccc1)[C@@H]1CCCN1C(=O)OCCl. The number of halogens is 6. The van der Waals surface area contributed by atoms with Crippen molar-refractivity contribution in [3.63, 3.8) is 0 Å². The maximum absolute atomic E-state index is 12.0. The first-order chi connectivity index (χ1) is 24.6. The number of esters is 2. The molecule has 11 nitrogen and oxygen atoms in total. The van der Waals surface area contributed by atoms with Crippen LogP contribution in [0.1, 0.15) is 57.6 Å². The highest BCUT2D eigenvalue weighted by Gasteiger charge is 2.36. The van der Waals surface area contributed by atoms with E-state index in [0.717, 1.165) is 36.9 Å². The number of carbonyl (C=O) groups excluding carboxylic acids is 4. The minimum Gasteiger partial charge on any atom is -0.460 e. The van der Waals surface area contributed by atoms with E-state index in [0.29, 0.717) is 19.6 Å². The van der Waals surface area contributed by atoms with E-state index in [1.165, 1.54) is 24.5 Å². The Labute approximate surface area is 339 Å². The molecule has 1 N–H and O–H groups in total. The Kier molecular flexibility index (Phi) is 34.5. The summed E-state index contributed by atoms with van der Waals surface area (Å²) in [6, 6.07) is 18.1. The normalized spacial score (nSPS) is 15.3. The molecule has 2 heterocycles. The molecule has 2 fully saturated rings. The predicted molar refractivity (Wildman–Crippen MR) is 211 cm³/mol. The lowest BCUT2D eigenvalue weighted by molar-refractivity contribution is -0.150. The zero-order chi connectivity index (χ0) is 38.3. The Hall–Kier alpha value is -2.22. The van der Waals surface area contributed by atoms with Crippen molar-refractivity contribution in [3.05, 3.63) is 71.8 Å². The number of nitrogens with one attached hydrogen (secondary N) is 1. The summed E-state index contributed by atoms with van der Waals surface area (Å²) in [6.45, 7) is 12.1. The van der Waals surface area contributed by atoms with Gasteiger partial charge < -0.3 is 29.2 Å². The third kappa shape index (κ3) is 24.9. The molecule has 2 aliphatic rings. The van der Waals surface area contributed by atoms with Gasteiger partial charge in [0.25, 0.3) is 0 Å². The van der Waals surface area contributed by atoms with Crippen molar-refractivity contribution in [2.45, 2.75) is 71.8 Å². The number of carbonyl (C=O) groups is 4. The van der Waals surface area contributed by atoms with Gasteiger partial charge in [-0.1, -0.05) is 105 Å². The smallest absolute Gasteiger partial charge is 0.411 e. The lowest BCUT2D eigenvalue weighted by Crippen LogP contribution is -2.41. The third-order valence-electron chi connectivity index (χ3n) is 7.24. The van der Waals surface area contributed by atoms with Gasteiger partial charge >= 0.3 is 23.5 Å². The Bertz CT molecular complexity index is 1190. The van der Waals surface area contributed by atoms with Gasteiger partial charge in [0.15, 0.2) is 12.1 Å². The summed E-state index contributed by atoms with van der Waals surface area (Å²) in [5.74, 6) is -0.533. The molecule has 2 aromatic rings. The topological polar surface area (TPSA) is 124 Å². The number of alkyl halides is 4. The quantitative estimate of drug-likeness (QED) is 0.102. The molecule has 0 unspecified atom stereocenters. The zero-order valence-electron chi connectivity index (χ0n) is 29.8. The van der Waals surface area contributed by atoms with E-state index in [2.05, 4.69) is 47.3 Å². The highest BCUT2D eigenvalue weighted by molar-refractivity contribution is 6.61. The number of nitrogens with zero attached hydrogens (tertiary/aromatic N) is 2. The van der Waals surface area contributed by atoms with E-state index in [1.54, 1.807) is 0 Å².